The predicted molar refractivity (Wildman–Crippen MR) is 82.0 cm³/mol. The molecule has 4 rings (SSSR count). The quantitative estimate of drug-likeness (QED) is 0.613. The highest BCUT2D eigenvalue weighted by atomic mass is 16.5. The van der Waals surface area contributed by atoms with Crippen molar-refractivity contribution in [1.82, 2.24) is 0 Å². The van der Waals surface area contributed by atoms with Gasteiger partial charge in [0.1, 0.15) is 0 Å². The second-order valence-corrected chi connectivity index (χ2v) is 6.01. The van der Waals surface area contributed by atoms with Crippen molar-refractivity contribution in [3.63, 3.8) is 0 Å². The summed E-state index contributed by atoms with van der Waals surface area (Å²) in [7, 11) is 0. The van der Waals surface area contributed by atoms with Crippen molar-refractivity contribution < 1.29 is 4.74 Å². The lowest BCUT2D eigenvalue weighted by atomic mass is 9.91. The van der Waals surface area contributed by atoms with Crippen molar-refractivity contribution in [3.05, 3.63) is 58.7 Å². The highest BCUT2D eigenvalue weighted by Gasteiger charge is 2.27. The van der Waals surface area contributed by atoms with Crippen molar-refractivity contribution >= 4 is 0 Å². The van der Waals surface area contributed by atoms with Crippen LogP contribution in [-0.4, -0.2) is 6.61 Å². The van der Waals surface area contributed by atoms with Crippen LogP contribution in [0, 0.1) is 6.92 Å². The lowest BCUT2D eigenvalue weighted by Crippen LogP contribution is -2.13. The number of benzene rings is 2. The van der Waals surface area contributed by atoms with Crippen molar-refractivity contribution in [2.24, 2.45) is 0 Å². The van der Waals surface area contributed by atoms with Crippen LogP contribution in [0.15, 0.2) is 36.4 Å². The number of fused-ring (bicyclic) bond motifs is 3. The molecule has 2 aromatic rings. The van der Waals surface area contributed by atoms with Gasteiger partial charge in [-0.3, -0.25) is 0 Å². The van der Waals surface area contributed by atoms with Crippen molar-refractivity contribution in [2.75, 3.05) is 6.61 Å². The summed E-state index contributed by atoms with van der Waals surface area (Å²) < 4.78 is 6.03. The van der Waals surface area contributed by atoms with E-state index in [0.717, 1.165) is 13.0 Å². The lowest BCUT2D eigenvalue weighted by molar-refractivity contribution is 0.0145. The van der Waals surface area contributed by atoms with E-state index in [0.29, 0.717) is 6.10 Å². The summed E-state index contributed by atoms with van der Waals surface area (Å²) in [5.74, 6) is 0. The molecule has 0 radical (unpaired) electrons. The summed E-state index contributed by atoms with van der Waals surface area (Å²) in [5, 5.41) is 0. The Morgan fingerprint density at radius 1 is 1.05 bits per heavy atom. The van der Waals surface area contributed by atoms with Gasteiger partial charge in [0.2, 0.25) is 0 Å². The summed E-state index contributed by atoms with van der Waals surface area (Å²) >= 11 is 0. The van der Waals surface area contributed by atoms with Crippen LogP contribution >= 0.6 is 0 Å². The molecule has 0 bridgehead atoms. The molecular formula is C19H20O. The Morgan fingerprint density at radius 2 is 1.95 bits per heavy atom. The van der Waals surface area contributed by atoms with Gasteiger partial charge >= 0.3 is 0 Å². The van der Waals surface area contributed by atoms with Gasteiger partial charge in [0.15, 0.2) is 0 Å². The monoisotopic (exact) mass is 264 g/mol. The average molecular weight is 264 g/mol. The highest BCUT2D eigenvalue weighted by molar-refractivity contribution is 5.80. The van der Waals surface area contributed by atoms with Gasteiger partial charge in [0.05, 0.1) is 6.10 Å². The SMILES string of the molecule is Cc1ccc(C2CCCCO2)c2c1-c1ccccc1C2. The first-order valence-corrected chi connectivity index (χ1v) is 7.67. The molecule has 0 saturated carbocycles. The van der Waals surface area contributed by atoms with Gasteiger partial charge in [0, 0.05) is 6.61 Å². The third-order valence-corrected chi connectivity index (χ3v) is 4.74. The first-order chi connectivity index (χ1) is 9.84. The summed E-state index contributed by atoms with van der Waals surface area (Å²) in [6.45, 7) is 3.15. The van der Waals surface area contributed by atoms with E-state index in [2.05, 4.69) is 43.3 Å². The first kappa shape index (κ1) is 12.2. The van der Waals surface area contributed by atoms with E-state index in [1.165, 1.54) is 52.6 Å². The molecule has 1 nitrogen and oxygen atoms in total. The van der Waals surface area contributed by atoms with Crippen LogP contribution < -0.4 is 0 Å². The molecular weight excluding hydrogens is 244 g/mol. The fraction of sp³-hybridized carbons (Fsp3) is 0.368. The van der Waals surface area contributed by atoms with Crippen molar-refractivity contribution in [1.29, 1.82) is 0 Å². The average Bonchev–Trinajstić information content (AvgIpc) is 2.88. The molecule has 0 spiro atoms. The van der Waals surface area contributed by atoms with E-state index in [9.17, 15) is 0 Å². The van der Waals surface area contributed by atoms with Crippen LogP contribution in [0.25, 0.3) is 11.1 Å². The van der Waals surface area contributed by atoms with E-state index in [1.54, 1.807) is 0 Å². The van der Waals surface area contributed by atoms with Crippen LogP contribution in [0.3, 0.4) is 0 Å². The van der Waals surface area contributed by atoms with Crippen molar-refractivity contribution in [3.8, 4) is 11.1 Å². The molecule has 1 aliphatic heterocycles. The Hall–Kier alpha value is -1.60. The number of hydrogen-bond acceptors (Lipinski definition) is 1. The molecule has 1 heterocycles. The Labute approximate surface area is 120 Å². The van der Waals surface area contributed by atoms with Gasteiger partial charge in [-0.2, -0.15) is 0 Å². The molecule has 1 atom stereocenters. The topological polar surface area (TPSA) is 9.23 Å². The zero-order chi connectivity index (χ0) is 13.5. The second-order valence-electron chi connectivity index (χ2n) is 6.01. The Kier molecular flexibility index (Phi) is 2.89. The molecule has 2 aliphatic rings. The summed E-state index contributed by atoms with van der Waals surface area (Å²) in [4.78, 5) is 0. The Balaban J connectivity index is 1.85. The highest BCUT2D eigenvalue weighted by Crippen LogP contribution is 2.43. The van der Waals surface area contributed by atoms with Gasteiger partial charge in [-0.05, 0) is 66.0 Å². The van der Waals surface area contributed by atoms with Gasteiger partial charge in [-0.15, -0.1) is 0 Å². The third kappa shape index (κ3) is 1.81. The molecule has 1 unspecified atom stereocenters. The second kappa shape index (κ2) is 4.75. The summed E-state index contributed by atoms with van der Waals surface area (Å²) in [6.07, 6.45) is 5.06. The number of ether oxygens (including phenoxy) is 1. The van der Waals surface area contributed by atoms with Gasteiger partial charge in [-0.25, -0.2) is 0 Å². The maximum absolute atomic E-state index is 6.03. The van der Waals surface area contributed by atoms with E-state index >= 15 is 0 Å². The lowest BCUT2D eigenvalue weighted by Gasteiger charge is -2.25. The molecule has 102 valence electrons. The maximum atomic E-state index is 6.03. The molecule has 1 aliphatic carbocycles. The molecule has 20 heavy (non-hydrogen) atoms. The normalized spacial score (nSPS) is 20.6. The molecule has 1 saturated heterocycles. The summed E-state index contributed by atoms with van der Waals surface area (Å²) in [5.41, 5.74) is 8.70. The van der Waals surface area contributed by atoms with Crippen LogP contribution in [0.2, 0.25) is 0 Å². The molecule has 0 aromatic heterocycles. The van der Waals surface area contributed by atoms with Crippen LogP contribution in [0.1, 0.15) is 47.6 Å². The third-order valence-electron chi connectivity index (χ3n) is 4.74. The van der Waals surface area contributed by atoms with Crippen LogP contribution in [-0.2, 0) is 11.2 Å². The Bertz CT molecular complexity index is 651. The fourth-order valence-electron chi connectivity index (χ4n) is 3.74. The number of aryl methyl sites for hydroxylation is 1. The van der Waals surface area contributed by atoms with E-state index < -0.39 is 0 Å². The number of hydrogen-bond donors (Lipinski definition) is 0. The maximum Gasteiger partial charge on any atom is 0.0827 e. The van der Waals surface area contributed by atoms with Gasteiger partial charge < -0.3 is 4.74 Å². The minimum atomic E-state index is 0.312. The van der Waals surface area contributed by atoms with Crippen LogP contribution in [0.4, 0.5) is 0 Å². The summed E-state index contributed by atoms with van der Waals surface area (Å²) in [6, 6.07) is 13.4. The molecule has 0 N–H and O–H groups in total. The van der Waals surface area contributed by atoms with E-state index in [-0.39, 0.29) is 0 Å². The van der Waals surface area contributed by atoms with E-state index in [4.69, 9.17) is 4.74 Å². The standard InChI is InChI=1S/C19H20O/c1-13-9-10-16(18-8-4-5-11-20-18)17-12-14-6-2-3-7-15(14)19(13)17/h2-3,6-7,9-10,18H,4-5,8,11-12H2,1H3. The smallest absolute Gasteiger partial charge is 0.0827 e. The molecule has 1 fully saturated rings. The zero-order valence-electron chi connectivity index (χ0n) is 12.0. The van der Waals surface area contributed by atoms with Crippen LogP contribution in [0.5, 0.6) is 0 Å². The van der Waals surface area contributed by atoms with Gasteiger partial charge in [0.25, 0.3) is 0 Å². The largest absolute Gasteiger partial charge is 0.374 e. The predicted octanol–water partition coefficient (Wildman–Crippen LogP) is 4.81. The first-order valence-electron chi connectivity index (χ1n) is 7.67. The molecule has 2 aromatic carbocycles. The van der Waals surface area contributed by atoms with Crippen molar-refractivity contribution in [2.45, 2.75) is 38.7 Å². The minimum Gasteiger partial charge on any atom is -0.374 e. The Morgan fingerprint density at radius 3 is 2.80 bits per heavy atom. The molecule has 0 amide bonds. The van der Waals surface area contributed by atoms with E-state index in [1.807, 2.05) is 0 Å². The van der Waals surface area contributed by atoms with Gasteiger partial charge in [-0.1, -0.05) is 36.4 Å². The minimum absolute atomic E-state index is 0.312. The zero-order valence-corrected chi connectivity index (χ0v) is 12.0. The molecule has 1 heteroatoms. The number of rotatable bonds is 1. The fourth-order valence-corrected chi connectivity index (χ4v) is 3.74.